The second-order valence-corrected chi connectivity index (χ2v) is 7.35. The number of aromatic nitrogens is 1. The number of hydrogen-bond acceptors (Lipinski definition) is 5. The first kappa shape index (κ1) is 17.8. The zero-order valence-corrected chi connectivity index (χ0v) is 15.3. The van der Waals surface area contributed by atoms with Crippen LogP contribution in [0.15, 0.2) is 11.0 Å². The summed E-state index contributed by atoms with van der Waals surface area (Å²) in [6.45, 7) is 2.61. The van der Waals surface area contributed by atoms with Crippen LogP contribution in [0.2, 0.25) is 0 Å². The summed E-state index contributed by atoms with van der Waals surface area (Å²) in [6, 6.07) is 0.0313. The largest absolute Gasteiger partial charge is 0.492 e. The Morgan fingerprint density at radius 2 is 2.07 bits per heavy atom. The number of hydrogen-bond donors (Lipinski definition) is 2. The lowest BCUT2D eigenvalue weighted by molar-refractivity contribution is 0.0695. The molecule has 1 saturated carbocycles. The lowest BCUT2D eigenvalue weighted by atomic mass is 10.0. The number of carbonyl (C=O) groups is 1. The number of pyridine rings is 1. The van der Waals surface area contributed by atoms with Crippen molar-refractivity contribution in [1.82, 2.24) is 4.57 Å². The number of benzene rings is 1. The van der Waals surface area contributed by atoms with Crippen molar-refractivity contribution in [2.45, 2.75) is 38.3 Å². The molecule has 2 fully saturated rings. The number of fused-ring (bicyclic) bond motifs is 1. The molecule has 1 saturated heterocycles. The molecule has 7 nitrogen and oxygen atoms in total. The van der Waals surface area contributed by atoms with E-state index >= 15 is 4.39 Å². The van der Waals surface area contributed by atoms with E-state index in [1.165, 1.54) is 20.2 Å². The van der Waals surface area contributed by atoms with Crippen molar-refractivity contribution in [2.75, 3.05) is 25.1 Å². The Kier molecular flexibility index (Phi) is 4.10. The van der Waals surface area contributed by atoms with Gasteiger partial charge in [-0.15, -0.1) is 0 Å². The van der Waals surface area contributed by atoms with Gasteiger partial charge in [-0.05, 0) is 26.2 Å². The Bertz CT molecular complexity index is 1010. The number of carboxylic acids is 1. The first-order chi connectivity index (χ1) is 12.8. The van der Waals surface area contributed by atoms with Crippen molar-refractivity contribution in [3.05, 3.63) is 33.4 Å². The molecule has 0 spiro atoms. The van der Waals surface area contributed by atoms with Crippen LogP contribution >= 0.6 is 0 Å². The highest BCUT2D eigenvalue weighted by Crippen LogP contribution is 2.45. The second-order valence-electron chi connectivity index (χ2n) is 7.35. The fourth-order valence-corrected chi connectivity index (χ4v) is 3.97. The fraction of sp³-hybridized carbons (Fsp3) is 0.474. The van der Waals surface area contributed by atoms with Gasteiger partial charge in [0.25, 0.3) is 0 Å². The van der Waals surface area contributed by atoms with Gasteiger partial charge in [0.15, 0.2) is 11.6 Å². The number of carboxylic acid groups (broad SMARTS) is 1. The molecular formula is C19H22FN3O4. The summed E-state index contributed by atoms with van der Waals surface area (Å²) in [5.41, 5.74) is 5.86. The second kappa shape index (κ2) is 6.23. The molecule has 0 amide bonds. The molecule has 4 rings (SSSR count). The van der Waals surface area contributed by atoms with Gasteiger partial charge in [0.1, 0.15) is 11.3 Å². The molecule has 27 heavy (non-hydrogen) atoms. The summed E-state index contributed by atoms with van der Waals surface area (Å²) >= 11 is 0. The van der Waals surface area contributed by atoms with E-state index in [9.17, 15) is 14.7 Å². The third kappa shape index (κ3) is 2.66. The first-order valence-electron chi connectivity index (χ1n) is 9.03. The summed E-state index contributed by atoms with van der Waals surface area (Å²) in [5, 5.41) is 9.51. The van der Waals surface area contributed by atoms with Gasteiger partial charge >= 0.3 is 5.97 Å². The molecule has 3 N–H and O–H groups in total. The van der Waals surface area contributed by atoms with Crippen molar-refractivity contribution >= 4 is 22.6 Å². The molecule has 1 atom stereocenters. The maximum Gasteiger partial charge on any atom is 0.341 e. The predicted octanol–water partition coefficient (Wildman–Crippen LogP) is 2.03. The molecule has 2 heterocycles. The highest BCUT2D eigenvalue weighted by Gasteiger charge is 2.34. The van der Waals surface area contributed by atoms with Crippen LogP contribution in [0.4, 0.5) is 10.1 Å². The van der Waals surface area contributed by atoms with E-state index in [0.29, 0.717) is 24.3 Å². The number of ether oxygens (including phenoxy) is 1. The van der Waals surface area contributed by atoms with Gasteiger partial charge in [0.05, 0.1) is 18.0 Å². The van der Waals surface area contributed by atoms with Gasteiger partial charge < -0.3 is 25.0 Å². The summed E-state index contributed by atoms with van der Waals surface area (Å²) in [5.74, 6) is -1.61. The smallest absolute Gasteiger partial charge is 0.341 e. The van der Waals surface area contributed by atoms with E-state index < -0.39 is 17.2 Å². The number of methoxy groups -OCH3 is 1. The molecule has 8 heteroatoms. The summed E-state index contributed by atoms with van der Waals surface area (Å²) in [6.07, 6.45) is 3.86. The first-order valence-corrected chi connectivity index (χ1v) is 9.03. The van der Waals surface area contributed by atoms with Gasteiger partial charge in [-0.1, -0.05) is 0 Å². The van der Waals surface area contributed by atoms with Crippen molar-refractivity contribution in [2.24, 2.45) is 5.73 Å². The van der Waals surface area contributed by atoms with E-state index in [4.69, 9.17) is 10.5 Å². The van der Waals surface area contributed by atoms with Crippen LogP contribution in [0.1, 0.15) is 41.2 Å². The van der Waals surface area contributed by atoms with Crippen molar-refractivity contribution in [1.29, 1.82) is 0 Å². The summed E-state index contributed by atoms with van der Waals surface area (Å²) in [4.78, 5) is 26.2. The Hall–Kier alpha value is -2.61. The van der Waals surface area contributed by atoms with Gasteiger partial charge in [-0.3, -0.25) is 4.79 Å². The van der Waals surface area contributed by atoms with E-state index in [0.717, 1.165) is 19.3 Å². The van der Waals surface area contributed by atoms with Crippen LogP contribution in [-0.2, 0) is 0 Å². The number of nitrogens with two attached hydrogens (primary N) is 1. The highest BCUT2D eigenvalue weighted by molar-refractivity contribution is 5.99. The van der Waals surface area contributed by atoms with E-state index in [1.807, 2.05) is 4.90 Å². The Morgan fingerprint density at radius 1 is 1.37 bits per heavy atom. The van der Waals surface area contributed by atoms with Crippen LogP contribution in [0.25, 0.3) is 10.9 Å². The number of nitrogens with zero attached hydrogens (tertiary/aromatic N) is 2. The average molecular weight is 375 g/mol. The zero-order chi connectivity index (χ0) is 19.5. The standard InChI is InChI=1S/C19H22FN3O4/c1-9-13-15(23(11-3-4-11)8-12(17(13)24)19(25)26)18(27-2)16(14(9)20)22-6-5-10(21)7-22/h8,10-11H,3-7,21H2,1-2H3,(H,25,26)/t10-/m0/s1. The molecular weight excluding hydrogens is 353 g/mol. The number of aromatic carboxylic acids is 1. The van der Waals surface area contributed by atoms with Gasteiger partial charge in [-0.25, -0.2) is 9.18 Å². The topological polar surface area (TPSA) is 97.8 Å². The highest BCUT2D eigenvalue weighted by atomic mass is 19.1. The third-order valence-corrected chi connectivity index (χ3v) is 5.49. The molecule has 1 aliphatic carbocycles. The minimum atomic E-state index is -1.32. The lowest BCUT2D eigenvalue weighted by Crippen LogP contribution is -2.28. The Balaban J connectivity index is 2.13. The number of halogens is 1. The monoisotopic (exact) mass is 375 g/mol. The zero-order valence-electron chi connectivity index (χ0n) is 15.3. The van der Waals surface area contributed by atoms with Crippen molar-refractivity contribution in [3.63, 3.8) is 0 Å². The summed E-state index contributed by atoms with van der Waals surface area (Å²) in [7, 11) is 1.44. The SMILES string of the molecule is COc1c(N2CC[C@H](N)C2)c(F)c(C)c2c(=O)c(C(=O)O)cn(C3CC3)c12. The quantitative estimate of drug-likeness (QED) is 0.849. The van der Waals surface area contributed by atoms with Gasteiger partial charge in [-0.2, -0.15) is 0 Å². The Morgan fingerprint density at radius 3 is 2.59 bits per heavy atom. The van der Waals surface area contributed by atoms with E-state index in [1.54, 1.807) is 4.57 Å². The third-order valence-electron chi connectivity index (χ3n) is 5.49. The average Bonchev–Trinajstić information content (AvgIpc) is 3.38. The molecule has 144 valence electrons. The molecule has 1 aromatic carbocycles. The van der Waals surface area contributed by atoms with Gasteiger partial charge in [0.2, 0.25) is 5.43 Å². The summed E-state index contributed by atoms with van der Waals surface area (Å²) < 4.78 is 22.7. The molecule has 0 unspecified atom stereocenters. The van der Waals surface area contributed by atoms with E-state index in [-0.39, 0.29) is 34.3 Å². The molecule has 0 bridgehead atoms. The molecule has 0 radical (unpaired) electrons. The van der Waals surface area contributed by atoms with Crippen LogP contribution in [-0.4, -0.2) is 41.9 Å². The molecule has 2 aliphatic rings. The van der Waals surface area contributed by atoms with Crippen LogP contribution in [0.5, 0.6) is 5.75 Å². The van der Waals surface area contributed by atoms with Gasteiger partial charge in [0, 0.05) is 36.9 Å². The van der Waals surface area contributed by atoms with Crippen molar-refractivity contribution < 1.29 is 19.0 Å². The maximum absolute atomic E-state index is 15.4. The lowest BCUT2D eigenvalue weighted by Gasteiger charge is -2.25. The predicted molar refractivity (Wildman–Crippen MR) is 99.5 cm³/mol. The number of rotatable bonds is 4. The minimum Gasteiger partial charge on any atom is -0.492 e. The van der Waals surface area contributed by atoms with Crippen LogP contribution < -0.4 is 20.8 Å². The Labute approximate surface area is 155 Å². The molecule has 1 aliphatic heterocycles. The number of aryl methyl sites for hydroxylation is 1. The normalized spacial score (nSPS) is 19.7. The maximum atomic E-state index is 15.4. The van der Waals surface area contributed by atoms with Crippen LogP contribution in [0.3, 0.4) is 0 Å². The fourth-order valence-electron chi connectivity index (χ4n) is 3.97. The minimum absolute atomic E-state index is 0.0508. The van der Waals surface area contributed by atoms with Crippen molar-refractivity contribution in [3.8, 4) is 5.75 Å². The number of anilines is 1. The molecule has 1 aromatic heterocycles. The van der Waals surface area contributed by atoms with E-state index in [2.05, 4.69) is 0 Å². The molecule has 2 aromatic rings. The van der Waals surface area contributed by atoms with Crippen LogP contribution in [0, 0.1) is 12.7 Å².